The standard InChI is InChI=1S/C64H40N6/c1-65-61-51(29-18-32-60(61)70-56-31-17-15-28-50(56)53-40-47(34-37-58(53)70)43-21-8-3-9-22-43)54-41-48(64-67-62(44-23-10-4-11-24-44)66-63(68-64)45-25-12-5-13-26-45)35-38-59(54)69-55-30-16-14-27-49(55)52-39-46(33-36-57(52)69)42-19-6-2-7-20-42/h2-41H. The predicted octanol–water partition coefficient (Wildman–Crippen LogP) is 16.6. The lowest BCUT2D eigenvalue weighted by Gasteiger charge is -2.19. The largest absolute Gasteiger partial charge is 0.319 e. The first-order valence-corrected chi connectivity index (χ1v) is 23.4. The number of hydrogen-bond acceptors (Lipinski definition) is 3. The first kappa shape index (κ1) is 40.6. The van der Waals surface area contributed by atoms with E-state index in [1.54, 1.807) is 0 Å². The van der Waals surface area contributed by atoms with Crippen LogP contribution in [0.15, 0.2) is 243 Å². The van der Waals surface area contributed by atoms with E-state index in [-0.39, 0.29) is 0 Å². The molecular weight excluding hydrogens is 853 g/mol. The smallest absolute Gasteiger partial charge is 0.218 e. The van der Waals surface area contributed by atoms with Gasteiger partial charge in [-0.1, -0.05) is 182 Å². The summed E-state index contributed by atoms with van der Waals surface area (Å²) in [5.41, 5.74) is 15.3. The molecule has 0 amide bonds. The zero-order valence-corrected chi connectivity index (χ0v) is 37.8. The van der Waals surface area contributed by atoms with Gasteiger partial charge in [-0.2, -0.15) is 0 Å². The van der Waals surface area contributed by atoms with Crippen LogP contribution in [0.2, 0.25) is 0 Å². The molecule has 0 saturated carbocycles. The van der Waals surface area contributed by atoms with Crippen LogP contribution in [-0.2, 0) is 0 Å². The van der Waals surface area contributed by atoms with Gasteiger partial charge in [0.1, 0.15) is 0 Å². The highest BCUT2D eigenvalue weighted by molar-refractivity contribution is 6.13. The Kier molecular flexibility index (Phi) is 9.78. The molecule has 0 N–H and O–H groups in total. The van der Waals surface area contributed by atoms with Gasteiger partial charge in [0.05, 0.1) is 40.0 Å². The minimum atomic E-state index is 0.535. The molecule has 13 aromatic rings. The Bertz CT molecular complexity index is 4110. The van der Waals surface area contributed by atoms with Gasteiger partial charge in [-0.25, -0.2) is 19.8 Å². The second kappa shape index (κ2) is 16.9. The summed E-state index contributed by atoms with van der Waals surface area (Å²) in [7, 11) is 0. The van der Waals surface area contributed by atoms with Gasteiger partial charge in [0.2, 0.25) is 5.69 Å². The van der Waals surface area contributed by atoms with E-state index in [2.05, 4.69) is 190 Å². The fraction of sp³-hybridized carbons (Fsp3) is 0. The number of aromatic nitrogens is 5. The summed E-state index contributed by atoms with van der Waals surface area (Å²) >= 11 is 0. The van der Waals surface area contributed by atoms with Gasteiger partial charge in [-0.15, -0.1) is 0 Å². The van der Waals surface area contributed by atoms with Crippen molar-refractivity contribution < 1.29 is 0 Å². The third-order valence-corrected chi connectivity index (χ3v) is 13.4. The molecule has 0 aliphatic carbocycles. The lowest BCUT2D eigenvalue weighted by atomic mass is 9.97. The highest BCUT2D eigenvalue weighted by Crippen LogP contribution is 2.46. The van der Waals surface area contributed by atoms with E-state index in [0.717, 1.165) is 105 Å². The second-order valence-corrected chi connectivity index (χ2v) is 17.5. The average molecular weight is 893 g/mol. The fourth-order valence-electron chi connectivity index (χ4n) is 10.2. The van der Waals surface area contributed by atoms with Crippen molar-refractivity contribution in [2.45, 2.75) is 0 Å². The second-order valence-electron chi connectivity index (χ2n) is 17.5. The molecular formula is C64H40N6. The molecule has 0 atom stereocenters. The topological polar surface area (TPSA) is 52.9 Å². The molecule has 326 valence electrons. The Morgan fingerprint density at radius 1 is 0.286 bits per heavy atom. The Morgan fingerprint density at radius 2 is 0.700 bits per heavy atom. The Labute approximate surface area is 404 Å². The number of fused-ring (bicyclic) bond motifs is 6. The summed E-state index contributed by atoms with van der Waals surface area (Å²) < 4.78 is 4.61. The molecule has 3 aromatic heterocycles. The third kappa shape index (κ3) is 6.84. The van der Waals surface area contributed by atoms with E-state index in [1.165, 1.54) is 0 Å². The molecule has 13 rings (SSSR count). The van der Waals surface area contributed by atoms with Crippen LogP contribution >= 0.6 is 0 Å². The number of hydrogen-bond donors (Lipinski definition) is 0. The average Bonchev–Trinajstić information content (AvgIpc) is 3.95. The van der Waals surface area contributed by atoms with Crippen molar-refractivity contribution >= 4 is 49.3 Å². The minimum absolute atomic E-state index is 0.535. The molecule has 0 aliphatic heterocycles. The molecule has 0 saturated heterocycles. The van der Waals surface area contributed by atoms with Crippen LogP contribution in [0.25, 0.3) is 127 Å². The van der Waals surface area contributed by atoms with E-state index < -0.39 is 0 Å². The first-order valence-electron chi connectivity index (χ1n) is 23.4. The quantitative estimate of drug-likeness (QED) is 0.143. The molecule has 3 heterocycles. The van der Waals surface area contributed by atoms with Crippen molar-refractivity contribution in [1.29, 1.82) is 0 Å². The molecule has 0 radical (unpaired) electrons. The van der Waals surface area contributed by atoms with E-state index >= 15 is 0 Å². The van der Waals surface area contributed by atoms with E-state index in [0.29, 0.717) is 23.2 Å². The maximum absolute atomic E-state index is 9.09. The number of para-hydroxylation sites is 3. The number of benzene rings is 10. The molecule has 0 unspecified atom stereocenters. The van der Waals surface area contributed by atoms with Crippen LogP contribution in [0.4, 0.5) is 5.69 Å². The predicted molar refractivity (Wildman–Crippen MR) is 287 cm³/mol. The van der Waals surface area contributed by atoms with Crippen LogP contribution in [0.5, 0.6) is 0 Å². The summed E-state index contributed by atoms with van der Waals surface area (Å²) in [5, 5.41) is 4.53. The van der Waals surface area contributed by atoms with Crippen molar-refractivity contribution in [2.24, 2.45) is 0 Å². The molecule has 70 heavy (non-hydrogen) atoms. The van der Waals surface area contributed by atoms with E-state index in [4.69, 9.17) is 21.5 Å². The van der Waals surface area contributed by atoms with Crippen molar-refractivity contribution in [2.75, 3.05) is 0 Å². The van der Waals surface area contributed by atoms with Crippen LogP contribution in [-0.4, -0.2) is 24.1 Å². The SMILES string of the molecule is [C-]#[N+]c1c(-c2cc(-c3nc(-c4ccccc4)nc(-c4ccccc4)n3)ccc2-n2c3ccccc3c3cc(-c4ccccc4)ccc32)cccc1-n1c2ccccc2c2cc(-c3ccccc3)ccc21. The van der Waals surface area contributed by atoms with Gasteiger partial charge in [-0.05, 0) is 94.0 Å². The molecule has 6 heteroatoms. The van der Waals surface area contributed by atoms with E-state index in [9.17, 15) is 0 Å². The molecule has 0 aliphatic rings. The highest BCUT2D eigenvalue weighted by Gasteiger charge is 2.24. The van der Waals surface area contributed by atoms with Crippen molar-refractivity contribution in [3.63, 3.8) is 0 Å². The summed E-state index contributed by atoms with van der Waals surface area (Å²) in [6.45, 7) is 9.09. The molecule has 0 spiro atoms. The van der Waals surface area contributed by atoms with Crippen LogP contribution in [0.1, 0.15) is 0 Å². The molecule has 10 aromatic carbocycles. The lowest BCUT2D eigenvalue weighted by Crippen LogP contribution is -2.02. The van der Waals surface area contributed by atoms with Crippen molar-refractivity contribution in [3.05, 3.63) is 254 Å². The van der Waals surface area contributed by atoms with Gasteiger partial charge in [-0.3, -0.25) is 0 Å². The maximum atomic E-state index is 9.09. The van der Waals surface area contributed by atoms with Crippen molar-refractivity contribution in [3.8, 4) is 78.9 Å². The lowest BCUT2D eigenvalue weighted by molar-refractivity contribution is 1.07. The zero-order valence-electron chi connectivity index (χ0n) is 37.8. The Morgan fingerprint density at radius 3 is 1.20 bits per heavy atom. The number of nitrogens with zero attached hydrogens (tertiary/aromatic N) is 6. The molecule has 0 fully saturated rings. The monoisotopic (exact) mass is 892 g/mol. The summed E-state index contributed by atoms with van der Waals surface area (Å²) in [6.07, 6.45) is 0. The summed E-state index contributed by atoms with van der Waals surface area (Å²) in [5.74, 6) is 1.70. The fourth-order valence-corrected chi connectivity index (χ4v) is 10.2. The van der Waals surface area contributed by atoms with Gasteiger partial charge in [0, 0.05) is 38.2 Å². The van der Waals surface area contributed by atoms with E-state index in [1.807, 2.05) is 66.7 Å². The van der Waals surface area contributed by atoms with Crippen molar-refractivity contribution in [1.82, 2.24) is 24.1 Å². The van der Waals surface area contributed by atoms with Gasteiger partial charge >= 0.3 is 0 Å². The van der Waals surface area contributed by atoms with Crippen LogP contribution in [0, 0.1) is 6.57 Å². The minimum Gasteiger partial charge on any atom is -0.319 e. The van der Waals surface area contributed by atoms with Crippen LogP contribution in [0.3, 0.4) is 0 Å². The van der Waals surface area contributed by atoms with Gasteiger partial charge in [0.25, 0.3) is 0 Å². The Hall–Kier alpha value is -9.70. The molecule has 6 nitrogen and oxygen atoms in total. The van der Waals surface area contributed by atoms with Gasteiger partial charge < -0.3 is 9.13 Å². The van der Waals surface area contributed by atoms with Gasteiger partial charge in [0.15, 0.2) is 17.5 Å². The highest BCUT2D eigenvalue weighted by atomic mass is 15.0. The molecule has 0 bridgehead atoms. The summed E-state index contributed by atoms with van der Waals surface area (Å²) in [4.78, 5) is 19.8. The number of rotatable bonds is 8. The maximum Gasteiger partial charge on any atom is 0.218 e. The third-order valence-electron chi connectivity index (χ3n) is 13.4. The Balaban J connectivity index is 1.08. The normalized spacial score (nSPS) is 11.4. The summed E-state index contributed by atoms with van der Waals surface area (Å²) in [6, 6.07) is 84.3. The van der Waals surface area contributed by atoms with Crippen LogP contribution < -0.4 is 0 Å². The first-order chi connectivity index (χ1) is 34.7. The zero-order chi connectivity index (χ0) is 46.5.